The molecule has 0 saturated carbocycles. The van der Waals surface area contributed by atoms with Gasteiger partial charge in [-0.2, -0.15) is 0 Å². The number of fused-ring (bicyclic) bond motifs is 1. The van der Waals surface area contributed by atoms with Crippen LogP contribution in [0.1, 0.15) is 32.2 Å². The third-order valence-corrected chi connectivity index (χ3v) is 3.05. The molecule has 2 aromatic rings. The molecule has 0 N–H and O–H groups in total. The Bertz CT molecular complexity index is 535. The lowest BCUT2D eigenvalue weighted by Crippen LogP contribution is -2.17. The fraction of sp³-hybridized carbons (Fsp3) is 0.500. The van der Waals surface area contributed by atoms with E-state index in [0.29, 0.717) is 5.88 Å². The Hall–Kier alpha value is -1.02. The summed E-state index contributed by atoms with van der Waals surface area (Å²) in [5.74, 6) is 1.43. The summed E-state index contributed by atoms with van der Waals surface area (Å²) in [4.78, 5) is 4.65. The van der Waals surface area contributed by atoms with E-state index in [9.17, 15) is 0 Å². The highest BCUT2D eigenvalue weighted by Gasteiger charge is 2.17. The zero-order valence-corrected chi connectivity index (χ0v) is 11.7. The molecular weight excluding hydrogens is 232 g/mol. The normalized spacial score (nSPS) is 12.3. The molecule has 1 heterocycles. The maximum Gasteiger partial charge on any atom is 0.124 e. The first-order valence-corrected chi connectivity index (χ1v) is 6.46. The molecule has 0 spiro atoms. The predicted octanol–water partition coefficient (Wildman–Crippen LogP) is 4.13. The molecule has 0 atom stereocenters. The van der Waals surface area contributed by atoms with Crippen LogP contribution in [0.15, 0.2) is 18.2 Å². The van der Waals surface area contributed by atoms with Crippen LogP contribution in [0, 0.1) is 12.3 Å². The molecule has 92 valence electrons. The van der Waals surface area contributed by atoms with Crippen molar-refractivity contribution >= 4 is 22.6 Å². The van der Waals surface area contributed by atoms with Gasteiger partial charge in [0, 0.05) is 6.54 Å². The van der Waals surface area contributed by atoms with E-state index < -0.39 is 0 Å². The summed E-state index contributed by atoms with van der Waals surface area (Å²) in [7, 11) is 0. The Morgan fingerprint density at radius 1 is 1.29 bits per heavy atom. The van der Waals surface area contributed by atoms with Crippen molar-refractivity contribution in [3.63, 3.8) is 0 Å². The van der Waals surface area contributed by atoms with Crippen molar-refractivity contribution in [1.82, 2.24) is 9.55 Å². The van der Waals surface area contributed by atoms with Gasteiger partial charge in [0.1, 0.15) is 5.82 Å². The van der Waals surface area contributed by atoms with E-state index in [2.05, 4.69) is 55.4 Å². The van der Waals surface area contributed by atoms with Crippen molar-refractivity contribution in [2.75, 3.05) is 0 Å². The van der Waals surface area contributed by atoms with Crippen LogP contribution in [0.5, 0.6) is 0 Å². The van der Waals surface area contributed by atoms with Gasteiger partial charge in [-0.25, -0.2) is 4.98 Å². The molecule has 1 aromatic heterocycles. The fourth-order valence-corrected chi connectivity index (χ4v) is 2.29. The van der Waals surface area contributed by atoms with Crippen LogP contribution in [-0.2, 0) is 12.4 Å². The summed E-state index contributed by atoms with van der Waals surface area (Å²) in [6.45, 7) is 9.72. The highest BCUT2D eigenvalue weighted by atomic mass is 35.5. The van der Waals surface area contributed by atoms with Crippen LogP contribution in [0.4, 0.5) is 0 Å². The zero-order valence-electron chi connectivity index (χ0n) is 10.9. The second kappa shape index (κ2) is 4.34. The number of nitrogens with zero attached hydrogens (tertiary/aromatic N) is 2. The van der Waals surface area contributed by atoms with Gasteiger partial charge in [0.15, 0.2) is 0 Å². The van der Waals surface area contributed by atoms with Crippen molar-refractivity contribution in [2.24, 2.45) is 5.41 Å². The second-order valence-corrected chi connectivity index (χ2v) is 6.02. The number of benzene rings is 1. The first kappa shape index (κ1) is 12.4. The highest BCUT2D eigenvalue weighted by molar-refractivity contribution is 6.16. The summed E-state index contributed by atoms with van der Waals surface area (Å²) >= 11 is 6.00. The first-order valence-electron chi connectivity index (χ1n) is 5.93. The molecule has 2 rings (SSSR count). The fourth-order valence-electron chi connectivity index (χ4n) is 2.09. The van der Waals surface area contributed by atoms with Crippen molar-refractivity contribution in [3.05, 3.63) is 29.6 Å². The minimum Gasteiger partial charge on any atom is -0.326 e. The average molecular weight is 251 g/mol. The van der Waals surface area contributed by atoms with Crippen LogP contribution in [0.2, 0.25) is 0 Å². The van der Waals surface area contributed by atoms with Crippen molar-refractivity contribution in [1.29, 1.82) is 0 Å². The van der Waals surface area contributed by atoms with Crippen LogP contribution < -0.4 is 0 Å². The van der Waals surface area contributed by atoms with E-state index in [0.717, 1.165) is 17.9 Å². The molecule has 1 aromatic carbocycles. The maximum atomic E-state index is 6.00. The van der Waals surface area contributed by atoms with Gasteiger partial charge in [-0.1, -0.05) is 32.9 Å². The predicted molar refractivity (Wildman–Crippen MR) is 73.5 cm³/mol. The highest BCUT2D eigenvalue weighted by Crippen LogP contribution is 2.25. The molecule has 0 amide bonds. The van der Waals surface area contributed by atoms with Crippen LogP contribution in [-0.4, -0.2) is 9.55 Å². The van der Waals surface area contributed by atoms with E-state index >= 15 is 0 Å². The number of rotatable bonds is 2. The first-order chi connectivity index (χ1) is 7.92. The van der Waals surface area contributed by atoms with Gasteiger partial charge in [-0.15, -0.1) is 11.6 Å². The van der Waals surface area contributed by atoms with Gasteiger partial charge < -0.3 is 4.57 Å². The number of imidazole rings is 1. The zero-order chi connectivity index (χ0) is 12.6. The molecule has 3 heteroatoms. The summed E-state index contributed by atoms with van der Waals surface area (Å²) in [5, 5.41) is 0. The molecule has 0 saturated heterocycles. The lowest BCUT2D eigenvalue weighted by atomic mass is 9.96. The van der Waals surface area contributed by atoms with Crippen LogP contribution in [0.25, 0.3) is 11.0 Å². The van der Waals surface area contributed by atoms with Gasteiger partial charge in [-0.05, 0) is 24.0 Å². The lowest BCUT2D eigenvalue weighted by Gasteiger charge is -2.20. The van der Waals surface area contributed by atoms with Crippen molar-refractivity contribution < 1.29 is 0 Å². The largest absolute Gasteiger partial charge is 0.326 e. The number of aromatic nitrogens is 2. The summed E-state index contributed by atoms with van der Waals surface area (Å²) < 4.78 is 2.25. The average Bonchev–Trinajstić information content (AvgIpc) is 2.56. The Morgan fingerprint density at radius 2 is 2.00 bits per heavy atom. The summed E-state index contributed by atoms with van der Waals surface area (Å²) in [6, 6.07) is 6.29. The molecule has 0 aliphatic carbocycles. The minimum atomic E-state index is 0.220. The quantitative estimate of drug-likeness (QED) is 0.733. The Balaban J connectivity index is 2.63. The third-order valence-electron chi connectivity index (χ3n) is 2.81. The molecule has 17 heavy (non-hydrogen) atoms. The van der Waals surface area contributed by atoms with Crippen molar-refractivity contribution in [2.45, 2.75) is 40.1 Å². The standard InChI is InChI=1S/C14H19ClN2/c1-10-6-5-7-11-13(10)16-12(8-15)17(11)9-14(2,3)4/h5-7H,8-9H2,1-4H3. The molecular formula is C14H19ClN2. The van der Waals surface area contributed by atoms with Gasteiger partial charge in [0.25, 0.3) is 0 Å². The summed E-state index contributed by atoms with van der Waals surface area (Å²) in [6.07, 6.45) is 0. The molecule has 0 unspecified atom stereocenters. The maximum absolute atomic E-state index is 6.00. The number of para-hydroxylation sites is 1. The number of aryl methyl sites for hydroxylation is 1. The molecule has 0 bridgehead atoms. The van der Waals surface area contributed by atoms with Gasteiger partial charge in [0.05, 0.1) is 16.9 Å². The number of halogens is 1. The van der Waals surface area contributed by atoms with Gasteiger partial charge in [0.2, 0.25) is 0 Å². The van der Waals surface area contributed by atoms with E-state index in [1.165, 1.54) is 11.1 Å². The van der Waals surface area contributed by atoms with Crippen LogP contribution >= 0.6 is 11.6 Å². The number of alkyl halides is 1. The van der Waals surface area contributed by atoms with E-state index in [1.807, 2.05) is 0 Å². The Kier molecular flexibility index (Phi) is 3.17. The molecule has 0 aliphatic heterocycles. The lowest BCUT2D eigenvalue weighted by molar-refractivity contribution is 0.344. The van der Waals surface area contributed by atoms with E-state index in [4.69, 9.17) is 11.6 Å². The topological polar surface area (TPSA) is 17.8 Å². The minimum absolute atomic E-state index is 0.220. The number of hydrogen-bond donors (Lipinski definition) is 0. The molecule has 0 fully saturated rings. The van der Waals surface area contributed by atoms with E-state index in [1.54, 1.807) is 0 Å². The molecule has 0 aliphatic rings. The Morgan fingerprint density at radius 3 is 2.59 bits per heavy atom. The smallest absolute Gasteiger partial charge is 0.124 e. The molecule has 0 radical (unpaired) electrons. The number of hydrogen-bond acceptors (Lipinski definition) is 1. The second-order valence-electron chi connectivity index (χ2n) is 5.75. The monoisotopic (exact) mass is 250 g/mol. The van der Waals surface area contributed by atoms with Crippen LogP contribution in [0.3, 0.4) is 0 Å². The SMILES string of the molecule is Cc1cccc2c1nc(CCl)n2CC(C)(C)C. The van der Waals surface area contributed by atoms with Crippen molar-refractivity contribution in [3.8, 4) is 0 Å². The van der Waals surface area contributed by atoms with Gasteiger partial charge in [-0.3, -0.25) is 0 Å². The van der Waals surface area contributed by atoms with E-state index in [-0.39, 0.29) is 5.41 Å². The molecule has 2 nitrogen and oxygen atoms in total. The van der Waals surface area contributed by atoms with Gasteiger partial charge >= 0.3 is 0 Å². The third kappa shape index (κ3) is 2.47. The Labute approximate surface area is 108 Å². The summed E-state index contributed by atoms with van der Waals surface area (Å²) in [5.41, 5.74) is 3.70.